The van der Waals surface area contributed by atoms with Gasteiger partial charge in [-0.2, -0.15) is 13.2 Å². The number of rotatable bonds is 8. The van der Waals surface area contributed by atoms with Crippen molar-refractivity contribution < 1.29 is 22.8 Å². The van der Waals surface area contributed by atoms with E-state index >= 15 is 0 Å². The molecule has 1 unspecified atom stereocenters. The third-order valence-corrected chi connectivity index (χ3v) is 8.57. The van der Waals surface area contributed by atoms with E-state index in [0.29, 0.717) is 54.2 Å². The first-order valence-electron chi connectivity index (χ1n) is 13.8. The normalized spacial score (nSPS) is 15.5. The summed E-state index contributed by atoms with van der Waals surface area (Å²) >= 11 is 7.97. The van der Waals surface area contributed by atoms with Crippen molar-refractivity contribution >= 4 is 35.2 Å². The molecule has 2 amide bonds. The fraction of sp³-hybridized carbons (Fsp3) is 0.290. The summed E-state index contributed by atoms with van der Waals surface area (Å²) in [5.74, 6) is 0.924. The Balaban J connectivity index is 1.16. The topological polar surface area (TPSA) is 71.3 Å². The number of thioether (sulfide) groups is 1. The van der Waals surface area contributed by atoms with E-state index in [-0.39, 0.29) is 23.4 Å². The maximum atomic E-state index is 13.0. The zero-order chi connectivity index (χ0) is 30.6. The van der Waals surface area contributed by atoms with Crippen molar-refractivity contribution in [2.75, 3.05) is 25.4 Å². The van der Waals surface area contributed by atoms with Crippen LogP contribution in [0.5, 0.6) is 0 Å². The minimum absolute atomic E-state index is 0.00429. The van der Waals surface area contributed by atoms with E-state index in [0.717, 1.165) is 23.4 Å². The fourth-order valence-corrected chi connectivity index (χ4v) is 6.10. The van der Waals surface area contributed by atoms with E-state index in [9.17, 15) is 22.8 Å². The van der Waals surface area contributed by atoms with Gasteiger partial charge in [-0.3, -0.25) is 14.2 Å². The second kappa shape index (κ2) is 13.2. The average molecular weight is 628 g/mol. The molecule has 0 saturated carbocycles. The Morgan fingerprint density at radius 2 is 1.65 bits per heavy atom. The van der Waals surface area contributed by atoms with Gasteiger partial charge in [-0.15, -0.1) is 10.2 Å². The van der Waals surface area contributed by atoms with Gasteiger partial charge in [0.05, 0.1) is 10.6 Å². The summed E-state index contributed by atoms with van der Waals surface area (Å²) in [6.07, 6.45) is -3.51. The van der Waals surface area contributed by atoms with Crippen LogP contribution in [0.3, 0.4) is 0 Å². The van der Waals surface area contributed by atoms with Crippen LogP contribution in [-0.4, -0.2) is 67.8 Å². The van der Waals surface area contributed by atoms with Crippen molar-refractivity contribution in [2.24, 2.45) is 0 Å². The molecule has 5 rings (SSSR count). The molecule has 1 fully saturated rings. The smallest absolute Gasteiger partial charge is 0.339 e. The summed E-state index contributed by atoms with van der Waals surface area (Å²) in [7, 11) is 0. The second-order valence-corrected chi connectivity index (χ2v) is 11.6. The van der Waals surface area contributed by atoms with Crippen LogP contribution in [0.4, 0.5) is 13.2 Å². The number of carbonyl (C=O) groups excluding carboxylic acids is 2. The van der Waals surface area contributed by atoms with Gasteiger partial charge in [-0.1, -0.05) is 53.7 Å². The van der Waals surface area contributed by atoms with Gasteiger partial charge >= 0.3 is 6.18 Å². The van der Waals surface area contributed by atoms with Crippen molar-refractivity contribution in [1.82, 2.24) is 24.6 Å². The third kappa shape index (κ3) is 7.05. The lowest BCUT2D eigenvalue weighted by Gasteiger charge is -2.40. The molecule has 0 bridgehead atoms. The van der Waals surface area contributed by atoms with Crippen molar-refractivity contribution in [3.05, 3.63) is 95.0 Å². The van der Waals surface area contributed by atoms with Crippen LogP contribution >= 0.6 is 23.4 Å². The summed E-state index contributed by atoms with van der Waals surface area (Å²) in [6, 6.07) is 21.2. The maximum Gasteiger partial charge on any atom is 0.416 e. The van der Waals surface area contributed by atoms with E-state index in [4.69, 9.17) is 11.6 Å². The highest BCUT2D eigenvalue weighted by molar-refractivity contribution is 7.99. The molecule has 1 aromatic heterocycles. The van der Waals surface area contributed by atoms with Gasteiger partial charge < -0.3 is 9.80 Å². The standard InChI is InChI=1S/C31H29ClF3N5O2S/c1-21-20-38(17-18-39(21)29(42)22-13-15-23(16-14-22)31(33,34)35)27(41)12-7-19-43-30-37-36-28(25-10-5-6-11-26(25)32)40(30)24-8-3-2-4-9-24/h2-6,8-11,13-16,21H,7,12,17-20H2,1H3. The number of alkyl halides is 3. The van der Waals surface area contributed by atoms with E-state index in [2.05, 4.69) is 10.2 Å². The molecule has 1 saturated heterocycles. The van der Waals surface area contributed by atoms with Gasteiger partial charge in [-0.25, -0.2) is 0 Å². The fourth-order valence-electron chi connectivity index (χ4n) is 4.99. The lowest BCUT2D eigenvalue weighted by molar-refractivity contribution is -0.137. The number of para-hydroxylation sites is 1. The Morgan fingerprint density at radius 3 is 2.33 bits per heavy atom. The highest BCUT2D eigenvalue weighted by Crippen LogP contribution is 2.32. The van der Waals surface area contributed by atoms with Gasteiger partial charge in [0.15, 0.2) is 11.0 Å². The predicted molar refractivity (Wildman–Crippen MR) is 160 cm³/mol. The van der Waals surface area contributed by atoms with Crippen LogP contribution < -0.4 is 0 Å². The predicted octanol–water partition coefficient (Wildman–Crippen LogP) is 6.85. The number of carbonyl (C=O) groups is 2. The lowest BCUT2D eigenvalue weighted by atomic mass is 10.1. The molecule has 7 nitrogen and oxygen atoms in total. The molecule has 0 spiro atoms. The Bertz CT molecular complexity index is 1580. The summed E-state index contributed by atoms with van der Waals surface area (Å²) in [5.41, 5.74) is 1.07. The Kier molecular flexibility index (Phi) is 9.41. The zero-order valence-corrected chi connectivity index (χ0v) is 24.9. The molecular formula is C31H29ClF3N5O2S. The molecule has 1 aliphatic heterocycles. The highest BCUT2D eigenvalue weighted by atomic mass is 35.5. The van der Waals surface area contributed by atoms with Crippen LogP contribution in [0.15, 0.2) is 84.0 Å². The number of nitrogens with zero attached hydrogens (tertiary/aromatic N) is 5. The van der Waals surface area contributed by atoms with E-state index in [1.54, 1.807) is 9.80 Å². The monoisotopic (exact) mass is 627 g/mol. The minimum Gasteiger partial charge on any atom is -0.339 e. The molecule has 4 aromatic rings. The van der Waals surface area contributed by atoms with Crippen LogP contribution in [0, 0.1) is 0 Å². The van der Waals surface area contributed by atoms with E-state index in [1.165, 1.54) is 23.9 Å². The first-order valence-corrected chi connectivity index (χ1v) is 15.1. The van der Waals surface area contributed by atoms with Crippen LogP contribution in [0.25, 0.3) is 17.1 Å². The number of benzene rings is 3. The third-order valence-electron chi connectivity index (χ3n) is 7.23. The molecule has 0 N–H and O–H groups in total. The molecule has 1 aliphatic rings. The summed E-state index contributed by atoms with van der Waals surface area (Å²) in [5, 5.41) is 10.1. The van der Waals surface area contributed by atoms with Crippen molar-refractivity contribution in [3.63, 3.8) is 0 Å². The summed E-state index contributed by atoms with van der Waals surface area (Å²) in [6.45, 7) is 2.88. The van der Waals surface area contributed by atoms with Gasteiger partial charge in [0.1, 0.15) is 0 Å². The quantitative estimate of drug-likeness (QED) is 0.158. The molecule has 43 heavy (non-hydrogen) atoms. The van der Waals surface area contributed by atoms with Crippen LogP contribution in [0.2, 0.25) is 5.02 Å². The maximum absolute atomic E-state index is 13.0. The molecule has 224 valence electrons. The summed E-state index contributed by atoms with van der Waals surface area (Å²) in [4.78, 5) is 29.3. The molecule has 3 aromatic carbocycles. The molecule has 0 radical (unpaired) electrons. The van der Waals surface area contributed by atoms with E-state index in [1.807, 2.05) is 66.1 Å². The SMILES string of the molecule is CC1CN(C(=O)CCCSc2nnc(-c3ccccc3Cl)n2-c2ccccc2)CCN1C(=O)c1ccc(C(F)(F)F)cc1. The molecular weight excluding hydrogens is 599 g/mol. The number of aromatic nitrogens is 3. The van der Waals surface area contributed by atoms with E-state index < -0.39 is 11.7 Å². The second-order valence-electron chi connectivity index (χ2n) is 10.2. The van der Waals surface area contributed by atoms with Crippen molar-refractivity contribution in [2.45, 2.75) is 37.1 Å². The van der Waals surface area contributed by atoms with Gasteiger partial charge in [0.2, 0.25) is 5.91 Å². The number of hydrogen-bond acceptors (Lipinski definition) is 5. The number of amides is 2. The number of halogens is 4. The number of hydrogen-bond donors (Lipinski definition) is 0. The Hall–Kier alpha value is -3.83. The van der Waals surface area contributed by atoms with Crippen molar-refractivity contribution in [1.29, 1.82) is 0 Å². The molecule has 12 heteroatoms. The van der Waals surface area contributed by atoms with Crippen LogP contribution in [0.1, 0.15) is 35.7 Å². The van der Waals surface area contributed by atoms with Gasteiger partial charge in [-0.05, 0) is 61.9 Å². The highest BCUT2D eigenvalue weighted by Gasteiger charge is 2.32. The minimum atomic E-state index is -4.46. The molecule has 2 heterocycles. The Morgan fingerprint density at radius 1 is 0.953 bits per heavy atom. The van der Waals surface area contributed by atoms with Gasteiger partial charge in [0.25, 0.3) is 5.91 Å². The molecule has 1 atom stereocenters. The van der Waals surface area contributed by atoms with Crippen LogP contribution in [-0.2, 0) is 11.0 Å². The van der Waals surface area contributed by atoms with Crippen molar-refractivity contribution in [3.8, 4) is 17.1 Å². The number of piperazine rings is 1. The summed E-state index contributed by atoms with van der Waals surface area (Å²) < 4.78 is 40.6. The lowest BCUT2D eigenvalue weighted by Crippen LogP contribution is -2.55. The average Bonchev–Trinajstić information content (AvgIpc) is 3.42. The molecule has 0 aliphatic carbocycles. The Labute approximate surface area is 256 Å². The largest absolute Gasteiger partial charge is 0.416 e. The zero-order valence-electron chi connectivity index (χ0n) is 23.3. The first-order chi connectivity index (χ1) is 20.6. The van der Waals surface area contributed by atoms with Gasteiger partial charge in [0, 0.05) is 54.7 Å². The first kappa shape index (κ1) is 30.6.